The standard InChI is InChI=1S/C15H14INO3/c16-15(17,14(19)20)8-7-10-5-6-11(9-18)13-4-2-1-3-12(10)13/h1-6,9H,7-8,17H2,(H,19,20). The number of carbonyl (C=O) groups excluding carboxylic acids is 1. The van der Waals surface area contributed by atoms with Crippen molar-refractivity contribution < 1.29 is 14.7 Å². The van der Waals surface area contributed by atoms with Gasteiger partial charge in [0.05, 0.1) is 0 Å². The summed E-state index contributed by atoms with van der Waals surface area (Å²) in [7, 11) is 0. The van der Waals surface area contributed by atoms with Gasteiger partial charge in [0.25, 0.3) is 0 Å². The van der Waals surface area contributed by atoms with Crippen molar-refractivity contribution in [1.82, 2.24) is 0 Å². The zero-order chi connectivity index (χ0) is 14.8. The summed E-state index contributed by atoms with van der Waals surface area (Å²) in [4.78, 5) is 22.1. The van der Waals surface area contributed by atoms with E-state index < -0.39 is 9.51 Å². The zero-order valence-electron chi connectivity index (χ0n) is 10.7. The van der Waals surface area contributed by atoms with Crippen LogP contribution in [0.2, 0.25) is 0 Å². The maximum Gasteiger partial charge on any atom is 0.333 e. The van der Waals surface area contributed by atoms with E-state index in [4.69, 9.17) is 10.8 Å². The number of aldehydes is 1. The average molecular weight is 383 g/mol. The number of nitrogens with two attached hydrogens (primary N) is 1. The van der Waals surface area contributed by atoms with E-state index in [0.717, 1.165) is 22.6 Å². The van der Waals surface area contributed by atoms with Crippen LogP contribution < -0.4 is 5.73 Å². The zero-order valence-corrected chi connectivity index (χ0v) is 12.8. The van der Waals surface area contributed by atoms with E-state index in [1.54, 1.807) is 28.7 Å². The van der Waals surface area contributed by atoms with Crippen molar-refractivity contribution in [3.63, 3.8) is 0 Å². The molecular weight excluding hydrogens is 369 g/mol. The van der Waals surface area contributed by atoms with E-state index >= 15 is 0 Å². The van der Waals surface area contributed by atoms with Crippen LogP contribution in [0.5, 0.6) is 0 Å². The van der Waals surface area contributed by atoms with Gasteiger partial charge in [-0.1, -0.05) is 36.4 Å². The molecule has 0 heterocycles. The lowest BCUT2D eigenvalue weighted by atomic mass is 9.96. The molecule has 2 aromatic carbocycles. The molecule has 4 nitrogen and oxygen atoms in total. The van der Waals surface area contributed by atoms with Gasteiger partial charge in [-0.05, 0) is 51.8 Å². The van der Waals surface area contributed by atoms with Crippen molar-refractivity contribution in [3.8, 4) is 0 Å². The van der Waals surface area contributed by atoms with Crippen LogP contribution in [0.3, 0.4) is 0 Å². The maximum atomic E-state index is 11.0. The molecule has 3 N–H and O–H groups in total. The summed E-state index contributed by atoms with van der Waals surface area (Å²) in [6.45, 7) is 0. The van der Waals surface area contributed by atoms with Gasteiger partial charge in [-0.15, -0.1) is 0 Å². The molecule has 0 saturated heterocycles. The van der Waals surface area contributed by atoms with Gasteiger partial charge < -0.3 is 10.8 Å². The summed E-state index contributed by atoms with van der Waals surface area (Å²) < 4.78 is -1.28. The second-order valence-corrected chi connectivity index (χ2v) is 6.57. The summed E-state index contributed by atoms with van der Waals surface area (Å²) in [5.74, 6) is -1.02. The summed E-state index contributed by atoms with van der Waals surface area (Å²) in [6, 6.07) is 11.2. The Morgan fingerprint density at radius 3 is 2.50 bits per heavy atom. The molecule has 0 aliphatic carbocycles. The molecule has 104 valence electrons. The number of aryl methyl sites for hydroxylation is 1. The molecule has 0 aliphatic heterocycles. The number of carboxylic acid groups (broad SMARTS) is 1. The van der Waals surface area contributed by atoms with Crippen LogP contribution in [-0.2, 0) is 11.2 Å². The van der Waals surface area contributed by atoms with Crippen LogP contribution in [-0.4, -0.2) is 20.9 Å². The smallest absolute Gasteiger partial charge is 0.333 e. The molecule has 5 heteroatoms. The molecule has 0 aliphatic rings. The lowest BCUT2D eigenvalue weighted by Gasteiger charge is -2.17. The number of carbonyl (C=O) groups is 2. The number of alkyl halides is 1. The fourth-order valence-corrected chi connectivity index (χ4v) is 2.40. The normalized spacial score (nSPS) is 13.9. The average Bonchev–Trinajstić information content (AvgIpc) is 2.44. The second-order valence-electron chi connectivity index (χ2n) is 4.64. The number of carboxylic acids is 1. The highest BCUT2D eigenvalue weighted by Gasteiger charge is 2.29. The maximum absolute atomic E-state index is 11.0. The summed E-state index contributed by atoms with van der Waals surface area (Å²) in [5, 5.41) is 10.9. The minimum atomic E-state index is -1.28. The minimum Gasteiger partial charge on any atom is -0.479 e. The minimum absolute atomic E-state index is 0.327. The molecule has 0 bridgehead atoms. The number of fused-ring (bicyclic) bond motifs is 1. The van der Waals surface area contributed by atoms with E-state index in [-0.39, 0.29) is 0 Å². The lowest BCUT2D eigenvalue weighted by Crippen LogP contribution is -2.41. The molecule has 0 amide bonds. The molecule has 0 fully saturated rings. The third-order valence-electron chi connectivity index (χ3n) is 3.29. The van der Waals surface area contributed by atoms with Crippen LogP contribution in [0, 0.1) is 0 Å². The Kier molecular flexibility index (Phi) is 4.39. The fourth-order valence-electron chi connectivity index (χ4n) is 2.13. The molecule has 0 radical (unpaired) electrons. The van der Waals surface area contributed by atoms with Crippen molar-refractivity contribution in [2.45, 2.75) is 16.4 Å². The monoisotopic (exact) mass is 383 g/mol. The molecule has 2 aromatic rings. The van der Waals surface area contributed by atoms with Crippen molar-refractivity contribution in [2.75, 3.05) is 0 Å². The lowest BCUT2D eigenvalue weighted by molar-refractivity contribution is -0.139. The third-order valence-corrected chi connectivity index (χ3v) is 4.29. The van der Waals surface area contributed by atoms with E-state index in [2.05, 4.69) is 0 Å². The topological polar surface area (TPSA) is 80.4 Å². The highest BCUT2D eigenvalue weighted by atomic mass is 127. The van der Waals surface area contributed by atoms with Crippen LogP contribution in [0.15, 0.2) is 36.4 Å². The number of rotatable bonds is 5. The van der Waals surface area contributed by atoms with Crippen molar-refractivity contribution in [2.24, 2.45) is 5.73 Å². The summed E-state index contributed by atoms with van der Waals surface area (Å²) >= 11 is 1.75. The summed E-state index contributed by atoms with van der Waals surface area (Å²) in [5.41, 5.74) is 7.37. The molecule has 0 spiro atoms. The van der Waals surface area contributed by atoms with Crippen LogP contribution in [0.25, 0.3) is 10.8 Å². The molecule has 1 atom stereocenters. The Morgan fingerprint density at radius 1 is 1.25 bits per heavy atom. The molecule has 0 saturated carbocycles. The SMILES string of the molecule is NC(I)(CCc1ccc(C=O)c2ccccc12)C(=O)O. The predicted molar refractivity (Wildman–Crippen MR) is 86.2 cm³/mol. The van der Waals surface area contributed by atoms with E-state index in [9.17, 15) is 9.59 Å². The second kappa shape index (κ2) is 5.88. The Morgan fingerprint density at radius 2 is 1.90 bits per heavy atom. The van der Waals surface area contributed by atoms with Crippen LogP contribution in [0.4, 0.5) is 0 Å². The summed E-state index contributed by atoms with van der Waals surface area (Å²) in [6.07, 6.45) is 1.70. The highest BCUT2D eigenvalue weighted by molar-refractivity contribution is 14.1. The van der Waals surface area contributed by atoms with Gasteiger partial charge >= 0.3 is 5.97 Å². The quantitative estimate of drug-likeness (QED) is 0.360. The van der Waals surface area contributed by atoms with Gasteiger partial charge in [-0.25, -0.2) is 4.79 Å². The van der Waals surface area contributed by atoms with Gasteiger partial charge in [0.15, 0.2) is 9.83 Å². The highest BCUT2D eigenvalue weighted by Crippen LogP contribution is 2.26. The van der Waals surface area contributed by atoms with Gasteiger partial charge in [0, 0.05) is 5.56 Å². The van der Waals surface area contributed by atoms with E-state index in [1.807, 2.05) is 30.3 Å². The predicted octanol–water partition coefficient (Wildman–Crippen LogP) is 2.76. The number of benzene rings is 2. The number of hydrogen-bond donors (Lipinski definition) is 2. The van der Waals surface area contributed by atoms with Crippen molar-refractivity contribution >= 4 is 45.6 Å². The Hall–Kier alpha value is -1.47. The van der Waals surface area contributed by atoms with Crippen molar-refractivity contribution in [1.29, 1.82) is 0 Å². The molecule has 2 rings (SSSR count). The largest absolute Gasteiger partial charge is 0.479 e. The first kappa shape index (κ1) is 14.9. The number of aliphatic carboxylic acids is 1. The van der Waals surface area contributed by atoms with Gasteiger partial charge in [0.1, 0.15) is 0 Å². The Bertz CT molecular complexity index is 667. The van der Waals surface area contributed by atoms with Crippen LogP contribution in [0.1, 0.15) is 22.3 Å². The Labute approximate surface area is 130 Å². The van der Waals surface area contributed by atoms with Crippen LogP contribution >= 0.6 is 22.6 Å². The van der Waals surface area contributed by atoms with Gasteiger partial charge in [-0.3, -0.25) is 4.79 Å². The number of halogens is 1. The van der Waals surface area contributed by atoms with E-state index in [0.29, 0.717) is 18.4 Å². The van der Waals surface area contributed by atoms with Gasteiger partial charge in [0.2, 0.25) is 0 Å². The third kappa shape index (κ3) is 2.99. The molecule has 1 unspecified atom stereocenters. The first-order chi connectivity index (χ1) is 9.45. The number of hydrogen-bond acceptors (Lipinski definition) is 3. The van der Waals surface area contributed by atoms with Gasteiger partial charge in [-0.2, -0.15) is 0 Å². The van der Waals surface area contributed by atoms with E-state index in [1.165, 1.54) is 0 Å². The fraction of sp³-hybridized carbons (Fsp3) is 0.200. The van der Waals surface area contributed by atoms with Crippen molar-refractivity contribution in [3.05, 3.63) is 47.5 Å². The molecule has 0 aromatic heterocycles. The Balaban J connectivity index is 2.37. The molecular formula is C15H14INO3. The molecule has 20 heavy (non-hydrogen) atoms. The first-order valence-corrected chi connectivity index (χ1v) is 7.20. The first-order valence-electron chi connectivity index (χ1n) is 6.12.